The fourth-order valence-corrected chi connectivity index (χ4v) is 3.55. The number of amides is 1. The van der Waals surface area contributed by atoms with Crippen molar-refractivity contribution in [3.05, 3.63) is 29.8 Å². The molecule has 1 fully saturated rings. The van der Waals surface area contributed by atoms with Crippen LogP contribution in [0.3, 0.4) is 0 Å². The van der Waals surface area contributed by atoms with Crippen LogP contribution in [-0.4, -0.2) is 45.5 Å². The van der Waals surface area contributed by atoms with E-state index in [2.05, 4.69) is 13.8 Å². The molecule has 0 saturated carbocycles. The molecule has 0 spiro atoms. The number of aromatic hydroxyl groups is 1. The lowest BCUT2D eigenvalue weighted by Crippen LogP contribution is -2.46. The number of nitrogens with two attached hydrogens (primary N) is 1. The number of phenolic OH excluding ortho intramolecular Hbond substituents is 1. The van der Waals surface area contributed by atoms with Gasteiger partial charge in [-0.2, -0.15) is 11.8 Å². The fourth-order valence-electron chi connectivity index (χ4n) is 2.45. The van der Waals surface area contributed by atoms with Gasteiger partial charge in [0.15, 0.2) is 0 Å². The Kier molecular flexibility index (Phi) is 5.17. The molecule has 5 heteroatoms. The Morgan fingerprint density at radius 2 is 2.05 bits per heavy atom. The van der Waals surface area contributed by atoms with E-state index in [-0.39, 0.29) is 16.4 Å². The van der Waals surface area contributed by atoms with Gasteiger partial charge in [-0.25, -0.2) is 0 Å². The second-order valence-electron chi connectivity index (χ2n) is 6.16. The van der Waals surface area contributed by atoms with Gasteiger partial charge in [0.25, 0.3) is 0 Å². The van der Waals surface area contributed by atoms with E-state index >= 15 is 0 Å². The molecule has 0 unspecified atom stereocenters. The summed E-state index contributed by atoms with van der Waals surface area (Å²) >= 11 is 1.92. The van der Waals surface area contributed by atoms with E-state index in [0.29, 0.717) is 6.42 Å². The van der Waals surface area contributed by atoms with Crippen LogP contribution in [0.1, 0.15) is 25.8 Å². The topological polar surface area (TPSA) is 66.6 Å². The maximum atomic E-state index is 12.5. The lowest BCUT2D eigenvalue weighted by molar-refractivity contribution is -0.132. The number of thioether (sulfide) groups is 1. The summed E-state index contributed by atoms with van der Waals surface area (Å²) in [7, 11) is 0. The van der Waals surface area contributed by atoms with Crippen LogP contribution in [-0.2, 0) is 11.2 Å². The van der Waals surface area contributed by atoms with Crippen molar-refractivity contribution in [2.75, 3.05) is 18.8 Å². The lowest BCUT2D eigenvalue weighted by atomic mass is 10.0. The summed E-state index contributed by atoms with van der Waals surface area (Å²) in [5.41, 5.74) is 7.05. The first kappa shape index (κ1) is 16.2. The molecule has 0 bridgehead atoms. The molecule has 21 heavy (non-hydrogen) atoms. The lowest BCUT2D eigenvalue weighted by Gasteiger charge is -2.25. The standard InChI is InChI=1S/C16H24N2O2S/c1-16(2)7-8-18(9-10-21-16)15(20)14(17)11-12-3-5-13(19)6-4-12/h3-6,14,19H,7-11,17H2,1-2H3/t14-/m0/s1. The minimum absolute atomic E-state index is 0.0291. The van der Waals surface area contributed by atoms with Gasteiger partial charge in [-0.05, 0) is 30.5 Å². The van der Waals surface area contributed by atoms with Crippen LogP contribution in [0.15, 0.2) is 24.3 Å². The number of carbonyl (C=O) groups is 1. The molecule has 1 aliphatic heterocycles. The summed E-state index contributed by atoms with van der Waals surface area (Å²) in [4.78, 5) is 14.4. The van der Waals surface area contributed by atoms with E-state index < -0.39 is 6.04 Å². The predicted octanol–water partition coefficient (Wildman–Crippen LogP) is 2.01. The highest BCUT2D eigenvalue weighted by Gasteiger charge is 2.28. The van der Waals surface area contributed by atoms with Gasteiger partial charge in [0.1, 0.15) is 5.75 Å². The summed E-state index contributed by atoms with van der Waals surface area (Å²) in [6.07, 6.45) is 1.50. The molecular weight excluding hydrogens is 284 g/mol. The van der Waals surface area contributed by atoms with Gasteiger partial charge in [-0.1, -0.05) is 26.0 Å². The fraction of sp³-hybridized carbons (Fsp3) is 0.562. The Hall–Kier alpha value is -1.20. The molecule has 1 aliphatic rings. The van der Waals surface area contributed by atoms with E-state index in [1.165, 1.54) is 0 Å². The maximum Gasteiger partial charge on any atom is 0.239 e. The maximum absolute atomic E-state index is 12.5. The average molecular weight is 308 g/mol. The van der Waals surface area contributed by atoms with Crippen molar-refractivity contribution in [3.63, 3.8) is 0 Å². The van der Waals surface area contributed by atoms with Crippen molar-refractivity contribution >= 4 is 17.7 Å². The number of hydrogen-bond acceptors (Lipinski definition) is 4. The van der Waals surface area contributed by atoms with Crippen molar-refractivity contribution in [1.82, 2.24) is 4.90 Å². The molecule has 116 valence electrons. The Morgan fingerprint density at radius 3 is 2.71 bits per heavy atom. The van der Waals surface area contributed by atoms with Crippen molar-refractivity contribution in [3.8, 4) is 5.75 Å². The van der Waals surface area contributed by atoms with E-state index in [4.69, 9.17) is 5.73 Å². The van der Waals surface area contributed by atoms with Crippen molar-refractivity contribution in [2.45, 2.75) is 37.5 Å². The Labute approximate surface area is 130 Å². The summed E-state index contributed by atoms with van der Waals surface area (Å²) in [6, 6.07) is 6.35. The van der Waals surface area contributed by atoms with Crippen LogP contribution in [0, 0.1) is 0 Å². The van der Waals surface area contributed by atoms with E-state index in [9.17, 15) is 9.90 Å². The minimum atomic E-state index is -0.513. The summed E-state index contributed by atoms with van der Waals surface area (Å²) in [5, 5.41) is 9.28. The first-order valence-electron chi connectivity index (χ1n) is 7.34. The number of benzene rings is 1. The highest BCUT2D eigenvalue weighted by molar-refractivity contribution is 8.00. The Morgan fingerprint density at radius 1 is 1.38 bits per heavy atom. The van der Waals surface area contributed by atoms with Crippen LogP contribution in [0.4, 0.5) is 0 Å². The minimum Gasteiger partial charge on any atom is -0.508 e. The predicted molar refractivity (Wildman–Crippen MR) is 87.5 cm³/mol. The number of carbonyl (C=O) groups excluding carboxylic acids is 1. The van der Waals surface area contributed by atoms with E-state index in [0.717, 1.165) is 30.8 Å². The molecular formula is C16H24N2O2S. The van der Waals surface area contributed by atoms with Gasteiger partial charge in [0, 0.05) is 23.6 Å². The number of nitrogens with zero attached hydrogens (tertiary/aromatic N) is 1. The molecule has 1 aromatic rings. The zero-order chi connectivity index (χ0) is 15.5. The van der Waals surface area contributed by atoms with Gasteiger partial charge in [-0.3, -0.25) is 4.79 Å². The SMILES string of the molecule is CC1(C)CCN(C(=O)[C@@H](N)Cc2ccc(O)cc2)CCS1. The molecule has 4 nitrogen and oxygen atoms in total. The van der Waals surface area contributed by atoms with Gasteiger partial charge < -0.3 is 15.7 Å². The molecule has 0 aromatic heterocycles. The average Bonchev–Trinajstić information content (AvgIpc) is 2.61. The summed E-state index contributed by atoms with van der Waals surface area (Å²) < 4.78 is 0.232. The van der Waals surface area contributed by atoms with Gasteiger partial charge in [0.05, 0.1) is 6.04 Å². The Bertz CT molecular complexity index is 488. The van der Waals surface area contributed by atoms with Crippen molar-refractivity contribution in [2.24, 2.45) is 5.73 Å². The number of phenols is 1. The van der Waals surface area contributed by atoms with Crippen LogP contribution in [0.5, 0.6) is 5.75 Å². The Balaban J connectivity index is 1.94. The van der Waals surface area contributed by atoms with Crippen LogP contribution in [0.2, 0.25) is 0 Å². The number of hydrogen-bond donors (Lipinski definition) is 2. The third kappa shape index (κ3) is 4.64. The van der Waals surface area contributed by atoms with Crippen LogP contribution >= 0.6 is 11.8 Å². The van der Waals surface area contributed by atoms with Crippen LogP contribution in [0.25, 0.3) is 0 Å². The molecule has 2 rings (SSSR count). The first-order valence-corrected chi connectivity index (χ1v) is 8.32. The molecule has 3 N–H and O–H groups in total. The van der Waals surface area contributed by atoms with Gasteiger partial charge in [-0.15, -0.1) is 0 Å². The summed E-state index contributed by atoms with van der Waals surface area (Å²) in [6.45, 7) is 6.00. The second kappa shape index (κ2) is 6.71. The molecule has 1 saturated heterocycles. The van der Waals surface area contributed by atoms with E-state index in [1.54, 1.807) is 12.1 Å². The van der Waals surface area contributed by atoms with Gasteiger partial charge in [0.2, 0.25) is 5.91 Å². The second-order valence-corrected chi connectivity index (χ2v) is 7.96. The monoisotopic (exact) mass is 308 g/mol. The molecule has 1 aromatic carbocycles. The highest BCUT2D eigenvalue weighted by atomic mass is 32.2. The molecule has 0 radical (unpaired) electrons. The molecule has 1 amide bonds. The molecule has 1 atom stereocenters. The van der Waals surface area contributed by atoms with Crippen LogP contribution < -0.4 is 5.73 Å². The van der Waals surface area contributed by atoms with E-state index in [1.807, 2.05) is 28.8 Å². The first-order chi connectivity index (χ1) is 9.87. The third-order valence-corrected chi connectivity index (χ3v) is 5.23. The van der Waals surface area contributed by atoms with Crippen molar-refractivity contribution < 1.29 is 9.90 Å². The number of rotatable bonds is 3. The molecule has 0 aliphatic carbocycles. The quantitative estimate of drug-likeness (QED) is 0.896. The largest absolute Gasteiger partial charge is 0.508 e. The smallest absolute Gasteiger partial charge is 0.239 e. The molecule has 1 heterocycles. The zero-order valence-electron chi connectivity index (χ0n) is 12.7. The normalized spacial score (nSPS) is 19.9. The highest BCUT2D eigenvalue weighted by Crippen LogP contribution is 2.30. The zero-order valence-corrected chi connectivity index (χ0v) is 13.5. The van der Waals surface area contributed by atoms with Crippen molar-refractivity contribution in [1.29, 1.82) is 0 Å². The summed E-state index contributed by atoms with van der Waals surface area (Å²) in [5.74, 6) is 1.22. The van der Waals surface area contributed by atoms with Gasteiger partial charge >= 0.3 is 0 Å². The third-order valence-electron chi connectivity index (χ3n) is 3.86.